The Kier molecular flexibility index (Phi) is 11.2. The number of likely N-dealkylation sites (N-methyl/N-ethyl adjacent to an activating group) is 1. The van der Waals surface area contributed by atoms with E-state index in [0.29, 0.717) is 40.3 Å². The highest BCUT2D eigenvalue weighted by molar-refractivity contribution is 7.89. The van der Waals surface area contributed by atoms with Crippen molar-refractivity contribution in [3.8, 4) is 17.6 Å². The van der Waals surface area contributed by atoms with E-state index in [1.54, 1.807) is 12.1 Å². The number of ether oxygens (including phenoxy) is 1. The third kappa shape index (κ3) is 9.47. The van der Waals surface area contributed by atoms with Gasteiger partial charge in [-0.3, -0.25) is 4.79 Å². The number of sulfonamides is 1. The maximum atomic E-state index is 13.7. The summed E-state index contributed by atoms with van der Waals surface area (Å²) in [6.07, 6.45) is -4.13. The van der Waals surface area contributed by atoms with Gasteiger partial charge in [-0.2, -0.15) is 13.2 Å². The highest BCUT2D eigenvalue weighted by Crippen LogP contribution is 2.39. The predicted molar refractivity (Wildman–Crippen MR) is 169 cm³/mol. The molecular formula is C30H36F3N5O5S2. The van der Waals surface area contributed by atoms with Crippen LogP contribution in [0.3, 0.4) is 0 Å². The SMILES string of the molecule is CN(C)CC(=O)N1CCC(Nc2cccc3c(CC(F)(F)F)c(C#CCNc4ccc(S(N)(=O)=O)cc4OCCO)sc23)CC1. The van der Waals surface area contributed by atoms with E-state index in [1.165, 1.54) is 29.5 Å². The fourth-order valence-corrected chi connectivity index (χ4v) is 6.69. The van der Waals surface area contributed by atoms with Crippen molar-refractivity contribution < 1.29 is 36.2 Å². The lowest BCUT2D eigenvalue weighted by Crippen LogP contribution is -2.45. The number of nitrogens with two attached hydrogens (primary N) is 1. The van der Waals surface area contributed by atoms with Gasteiger partial charge in [0.25, 0.3) is 0 Å². The minimum atomic E-state index is -4.44. The molecule has 0 spiro atoms. The van der Waals surface area contributed by atoms with Crippen LogP contribution in [0.5, 0.6) is 5.75 Å². The van der Waals surface area contributed by atoms with E-state index in [4.69, 9.17) is 15.0 Å². The monoisotopic (exact) mass is 667 g/mol. The largest absolute Gasteiger partial charge is 0.489 e. The molecule has 244 valence electrons. The van der Waals surface area contributed by atoms with Crippen molar-refractivity contribution in [2.24, 2.45) is 5.14 Å². The van der Waals surface area contributed by atoms with Gasteiger partial charge >= 0.3 is 6.18 Å². The van der Waals surface area contributed by atoms with E-state index in [-0.39, 0.29) is 47.9 Å². The molecule has 0 radical (unpaired) electrons. The number of nitrogens with zero attached hydrogens (tertiary/aromatic N) is 2. The van der Waals surface area contributed by atoms with E-state index < -0.39 is 22.6 Å². The smallest absolute Gasteiger partial charge is 0.393 e. The first-order valence-corrected chi connectivity index (χ1v) is 16.5. The molecule has 15 heteroatoms. The van der Waals surface area contributed by atoms with Crippen LogP contribution in [0.15, 0.2) is 41.3 Å². The molecule has 1 amide bonds. The average Bonchev–Trinajstić information content (AvgIpc) is 3.30. The molecule has 0 bridgehead atoms. The van der Waals surface area contributed by atoms with Crippen molar-refractivity contribution in [1.82, 2.24) is 9.80 Å². The lowest BCUT2D eigenvalue weighted by Gasteiger charge is -2.33. The minimum Gasteiger partial charge on any atom is -0.489 e. The van der Waals surface area contributed by atoms with Crippen molar-refractivity contribution in [3.05, 3.63) is 46.8 Å². The van der Waals surface area contributed by atoms with Crippen LogP contribution in [0.4, 0.5) is 24.5 Å². The maximum Gasteiger partial charge on any atom is 0.393 e. The second kappa shape index (κ2) is 14.7. The van der Waals surface area contributed by atoms with Crippen LogP contribution in [0.2, 0.25) is 0 Å². The summed E-state index contributed by atoms with van der Waals surface area (Å²) < 4.78 is 70.6. The van der Waals surface area contributed by atoms with Gasteiger partial charge in [0.05, 0.1) is 52.0 Å². The first kappa shape index (κ1) is 34.3. The second-order valence-electron chi connectivity index (χ2n) is 10.9. The Morgan fingerprint density at radius 1 is 1.20 bits per heavy atom. The van der Waals surface area contributed by atoms with Crippen molar-refractivity contribution in [3.63, 3.8) is 0 Å². The lowest BCUT2D eigenvalue weighted by molar-refractivity contribution is -0.132. The predicted octanol–water partition coefficient (Wildman–Crippen LogP) is 3.45. The van der Waals surface area contributed by atoms with Gasteiger partial charge in [0.15, 0.2) is 0 Å². The standard InChI is InChI=1S/C30H36F3N5O5S2/c1-37(2)19-28(40)38-13-10-20(11-14-38)36-25-6-3-5-22-23(18-30(31,32)33)27(44-29(22)25)7-4-12-35-24-9-8-21(45(34,41)42)17-26(24)43-16-15-39/h3,5-6,8-9,17,20,35-36,39H,10-16,18-19H2,1-2H3,(H2,34,41,42). The molecule has 1 aliphatic rings. The van der Waals surface area contributed by atoms with Crippen LogP contribution in [-0.4, -0.2) is 94.9 Å². The summed E-state index contributed by atoms with van der Waals surface area (Å²) in [4.78, 5) is 16.2. The molecule has 3 aromatic rings. The summed E-state index contributed by atoms with van der Waals surface area (Å²) in [5, 5.41) is 21.3. The number of hydrogen-bond donors (Lipinski definition) is 4. The first-order chi connectivity index (χ1) is 21.2. The number of alkyl halides is 3. The Hall–Kier alpha value is -3.55. The number of anilines is 2. The zero-order chi connectivity index (χ0) is 32.8. The molecule has 10 nitrogen and oxygen atoms in total. The molecule has 0 unspecified atom stereocenters. The van der Waals surface area contributed by atoms with Gasteiger partial charge in [0.2, 0.25) is 15.9 Å². The minimum absolute atomic E-state index is 0.0140. The Bertz CT molecular complexity index is 1670. The number of likely N-dealkylation sites (tertiary alicyclic amines) is 1. The molecule has 5 N–H and O–H groups in total. The number of thiophene rings is 1. The van der Waals surface area contributed by atoms with Crippen LogP contribution in [0, 0.1) is 11.8 Å². The van der Waals surface area contributed by atoms with Gasteiger partial charge in [-0.15, -0.1) is 11.3 Å². The summed E-state index contributed by atoms with van der Waals surface area (Å²) in [7, 11) is -0.302. The van der Waals surface area contributed by atoms with Crippen molar-refractivity contribution in [1.29, 1.82) is 0 Å². The number of carbonyl (C=O) groups is 1. The Balaban J connectivity index is 1.54. The molecule has 0 saturated carbocycles. The second-order valence-corrected chi connectivity index (χ2v) is 13.4. The van der Waals surface area contributed by atoms with Gasteiger partial charge in [-0.25, -0.2) is 13.6 Å². The van der Waals surface area contributed by atoms with E-state index in [1.807, 2.05) is 30.0 Å². The summed E-state index contributed by atoms with van der Waals surface area (Å²) in [5.74, 6) is 5.96. The summed E-state index contributed by atoms with van der Waals surface area (Å²) in [5.41, 5.74) is 1.20. The van der Waals surface area contributed by atoms with Gasteiger partial charge in [0, 0.05) is 25.2 Å². The summed E-state index contributed by atoms with van der Waals surface area (Å²) in [6.45, 7) is 1.16. The molecular weight excluding hydrogens is 631 g/mol. The van der Waals surface area contributed by atoms with Crippen LogP contribution < -0.4 is 20.5 Å². The first-order valence-electron chi connectivity index (χ1n) is 14.2. The van der Waals surface area contributed by atoms with Crippen LogP contribution in [0.25, 0.3) is 10.1 Å². The third-order valence-corrected chi connectivity index (χ3v) is 9.16. The molecule has 1 aromatic heterocycles. The molecule has 2 heterocycles. The van der Waals surface area contributed by atoms with Crippen LogP contribution in [-0.2, 0) is 21.2 Å². The molecule has 1 fully saturated rings. The fraction of sp³-hybridized carbons (Fsp3) is 0.433. The molecule has 45 heavy (non-hydrogen) atoms. The van der Waals surface area contributed by atoms with E-state index in [2.05, 4.69) is 22.5 Å². The van der Waals surface area contributed by atoms with Crippen molar-refractivity contribution >= 4 is 48.7 Å². The number of carbonyl (C=O) groups excluding carboxylic acids is 1. The highest BCUT2D eigenvalue weighted by atomic mass is 32.2. The molecule has 1 aliphatic heterocycles. The number of aliphatic hydroxyl groups excluding tert-OH is 1. The lowest BCUT2D eigenvalue weighted by atomic mass is 10.0. The zero-order valence-electron chi connectivity index (χ0n) is 24.9. The number of benzene rings is 2. The number of nitrogens with one attached hydrogen (secondary N) is 2. The highest BCUT2D eigenvalue weighted by Gasteiger charge is 2.31. The Morgan fingerprint density at radius 2 is 1.93 bits per heavy atom. The van der Waals surface area contributed by atoms with E-state index >= 15 is 0 Å². The van der Waals surface area contributed by atoms with Crippen molar-refractivity contribution in [2.45, 2.75) is 36.4 Å². The van der Waals surface area contributed by atoms with Crippen LogP contribution >= 0.6 is 11.3 Å². The Morgan fingerprint density at radius 3 is 2.58 bits per heavy atom. The van der Waals surface area contributed by atoms with Gasteiger partial charge < -0.3 is 30.3 Å². The summed E-state index contributed by atoms with van der Waals surface area (Å²) in [6, 6.07) is 9.24. The number of aliphatic hydroxyl groups is 1. The summed E-state index contributed by atoms with van der Waals surface area (Å²) >= 11 is 1.19. The topological polar surface area (TPSA) is 137 Å². The Labute approximate surface area is 264 Å². The van der Waals surface area contributed by atoms with Crippen LogP contribution in [0.1, 0.15) is 23.3 Å². The molecule has 2 aromatic carbocycles. The molecule has 1 saturated heterocycles. The maximum absolute atomic E-state index is 13.7. The van der Waals surface area contributed by atoms with E-state index in [9.17, 15) is 26.4 Å². The van der Waals surface area contributed by atoms with Gasteiger partial charge in [-0.05, 0) is 56.1 Å². The normalized spacial score (nSPS) is 14.4. The number of fused-ring (bicyclic) bond motifs is 1. The zero-order valence-corrected chi connectivity index (χ0v) is 26.5. The number of halogens is 3. The van der Waals surface area contributed by atoms with Crippen molar-refractivity contribution in [2.75, 3.05) is 64.1 Å². The van der Waals surface area contributed by atoms with E-state index in [0.717, 1.165) is 18.5 Å². The molecule has 4 rings (SSSR count). The quantitative estimate of drug-likeness (QED) is 0.229. The number of primary sulfonamides is 1. The number of piperidine rings is 1. The van der Waals surface area contributed by atoms with Gasteiger partial charge in [0.1, 0.15) is 12.4 Å². The number of amides is 1. The fourth-order valence-electron chi connectivity index (χ4n) is 4.99. The third-order valence-electron chi connectivity index (χ3n) is 7.05. The molecule has 0 atom stereocenters. The molecule has 0 aliphatic carbocycles. The van der Waals surface area contributed by atoms with Gasteiger partial charge in [-0.1, -0.05) is 24.0 Å². The average molecular weight is 668 g/mol. The number of rotatable bonds is 11. The number of hydrogen-bond acceptors (Lipinski definition) is 9.